The quantitative estimate of drug-likeness (QED) is 0.225. The van der Waals surface area contributed by atoms with Gasteiger partial charge in [-0.2, -0.15) is 0 Å². The second kappa shape index (κ2) is 11.2. The summed E-state index contributed by atoms with van der Waals surface area (Å²) in [5.74, 6) is -3.31. The lowest BCUT2D eigenvalue weighted by molar-refractivity contribution is -0.139. The molecule has 2 aromatic carbocycles. The van der Waals surface area contributed by atoms with E-state index in [0.717, 1.165) is 5.56 Å². The molecular formula is C20H21NO6. The Kier molecular flexibility index (Phi) is 8.94. The number of benzene rings is 2. The number of oxime groups is 1. The third-order valence-electron chi connectivity index (χ3n) is 3.63. The molecule has 0 bridgehead atoms. The average Bonchev–Trinajstić information content (AvgIpc) is 2.69. The van der Waals surface area contributed by atoms with Crippen molar-refractivity contribution in [2.45, 2.75) is 19.8 Å². The Bertz CT molecular complexity index is 787. The predicted octanol–water partition coefficient (Wildman–Crippen LogP) is 3.32. The van der Waals surface area contributed by atoms with E-state index in [1.807, 2.05) is 6.07 Å². The van der Waals surface area contributed by atoms with Gasteiger partial charge in [-0.15, -0.1) is 0 Å². The second-order valence-electron chi connectivity index (χ2n) is 5.60. The van der Waals surface area contributed by atoms with Crippen molar-refractivity contribution in [1.29, 1.82) is 0 Å². The van der Waals surface area contributed by atoms with Crippen LogP contribution in [0.4, 0.5) is 0 Å². The van der Waals surface area contributed by atoms with Gasteiger partial charge < -0.3 is 15.4 Å². The van der Waals surface area contributed by atoms with Crippen LogP contribution in [0.2, 0.25) is 0 Å². The molecule has 3 N–H and O–H groups in total. The fourth-order valence-corrected chi connectivity index (χ4v) is 2.07. The van der Waals surface area contributed by atoms with Gasteiger partial charge in [0.25, 0.3) is 0 Å². The van der Waals surface area contributed by atoms with Gasteiger partial charge in [0, 0.05) is 12.0 Å². The summed E-state index contributed by atoms with van der Waals surface area (Å²) in [5.41, 5.74) is 1.58. The molecular weight excluding hydrogens is 350 g/mol. The predicted molar refractivity (Wildman–Crippen MR) is 99.2 cm³/mol. The van der Waals surface area contributed by atoms with Crippen molar-refractivity contribution in [3.05, 3.63) is 71.8 Å². The summed E-state index contributed by atoms with van der Waals surface area (Å²) >= 11 is 0. The molecule has 1 unspecified atom stereocenters. The third kappa shape index (κ3) is 7.52. The summed E-state index contributed by atoms with van der Waals surface area (Å²) in [7, 11) is 0. The van der Waals surface area contributed by atoms with Gasteiger partial charge in [-0.25, -0.2) is 0 Å². The van der Waals surface area contributed by atoms with Gasteiger partial charge in [0.15, 0.2) is 5.78 Å². The maximum atomic E-state index is 11.4. The first-order valence-electron chi connectivity index (χ1n) is 8.17. The number of aliphatic carboxylic acids is 2. The zero-order valence-corrected chi connectivity index (χ0v) is 14.8. The summed E-state index contributed by atoms with van der Waals surface area (Å²) in [6.07, 6.45) is 0.199. The van der Waals surface area contributed by atoms with Crippen LogP contribution in [0.5, 0.6) is 0 Å². The van der Waals surface area contributed by atoms with Gasteiger partial charge >= 0.3 is 11.9 Å². The van der Waals surface area contributed by atoms with E-state index in [9.17, 15) is 14.4 Å². The van der Waals surface area contributed by atoms with Gasteiger partial charge in [-0.1, -0.05) is 65.8 Å². The van der Waals surface area contributed by atoms with Crippen molar-refractivity contribution in [3.63, 3.8) is 0 Å². The summed E-state index contributed by atoms with van der Waals surface area (Å²) in [6.45, 7) is 1.39. The van der Waals surface area contributed by atoms with Crippen LogP contribution >= 0.6 is 0 Å². The number of nitrogens with zero attached hydrogens (tertiary/aromatic N) is 1. The highest BCUT2D eigenvalue weighted by atomic mass is 16.4. The summed E-state index contributed by atoms with van der Waals surface area (Å²) in [5, 5.41) is 28.8. The lowest BCUT2D eigenvalue weighted by atomic mass is 10.00. The first-order chi connectivity index (χ1) is 12.9. The Balaban J connectivity index is 0.000000271. The molecule has 27 heavy (non-hydrogen) atoms. The third-order valence-corrected chi connectivity index (χ3v) is 3.63. The largest absolute Gasteiger partial charge is 0.481 e. The molecule has 1 atom stereocenters. The van der Waals surface area contributed by atoms with Crippen LogP contribution in [0.1, 0.15) is 35.7 Å². The Hall–Kier alpha value is -3.48. The molecule has 2 aromatic rings. The van der Waals surface area contributed by atoms with E-state index in [1.165, 1.54) is 6.92 Å². The van der Waals surface area contributed by atoms with E-state index in [4.69, 9.17) is 15.4 Å². The van der Waals surface area contributed by atoms with Crippen molar-refractivity contribution in [2.75, 3.05) is 0 Å². The topological polar surface area (TPSA) is 124 Å². The Morgan fingerprint density at radius 2 is 1.33 bits per heavy atom. The zero-order chi connectivity index (χ0) is 20.2. The van der Waals surface area contributed by atoms with E-state index in [2.05, 4.69) is 5.16 Å². The van der Waals surface area contributed by atoms with Crippen LogP contribution in [0.3, 0.4) is 0 Å². The van der Waals surface area contributed by atoms with Gasteiger partial charge in [-0.05, 0) is 12.5 Å². The van der Waals surface area contributed by atoms with E-state index < -0.39 is 17.9 Å². The number of carbonyl (C=O) groups excluding carboxylic acids is 1. The monoisotopic (exact) mass is 371 g/mol. The van der Waals surface area contributed by atoms with E-state index in [-0.39, 0.29) is 18.6 Å². The first kappa shape index (κ1) is 21.6. The minimum absolute atomic E-state index is 0.0334. The van der Waals surface area contributed by atoms with Crippen LogP contribution in [0.15, 0.2) is 65.8 Å². The standard InChI is InChI=1S/C10H11NO3.C10H10O3/c12-10(13)7-6-9(11-14)8-4-2-1-3-5-8;1-7(10(12)13)9(11)8-5-3-2-4-6-8/h1-5,14H,6-7H2,(H,12,13);2-7H,1H3,(H,12,13). The maximum Gasteiger partial charge on any atom is 0.314 e. The number of hydrogen-bond acceptors (Lipinski definition) is 5. The van der Waals surface area contributed by atoms with Crippen molar-refractivity contribution in [2.24, 2.45) is 11.1 Å². The van der Waals surface area contributed by atoms with Gasteiger partial charge in [0.2, 0.25) is 0 Å². The second-order valence-corrected chi connectivity index (χ2v) is 5.60. The summed E-state index contributed by atoms with van der Waals surface area (Å²) in [4.78, 5) is 32.2. The molecule has 0 radical (unpaired) electrons. The summed E-state index contributed by atoms with van der Waals surface area (Å²) < 4.78 is 0. The molecule has 0 aliphatic rings. The minimum Gasteiger partial charge on any atom is -0.481 e. The normalized spacial score (nSPS) is 11.7. The van der Waals surface area contributed by atoms with Crippen LogP contribution in [-0.4, -0.2) is 38.9 Å². The number of carbonyl (C=O) groups is 3. The van der Waals surface area contributed by atoms with E-state index >= 15 is 0 Å². The van der Waals surface area contributed by atoms with Crippen molar-refractivity contribution >= 4 is 23.4 Å². The van der Waals surface area contributed by atoms with Gasteiger partial charge in [-0.3, -0.25) is 14.4 Å². The molecule has 7 nitrogen and oxygen atoms in total. The SMILES string of the molecule is CC(C(=O)O)C(=O)c1ccccc1.O=C(O)CCC(=NO)c1ccccc1. The molecule has 0 aromatic heterocycles. The molecule has 0 saturated carbocycles. The van der Waals surface area contributed by atoms with E-state index in [0.29, 0.717) is 11.3 Å². The number of carboxylic acids is 2. The molecule has 0 amide bonds. The average molecular weight is 371 g/mol. The highest BCUT2D eigenvalue weighted by Crippen LogP contribution is 2.08. The van der Waals surface area contributed by atoms with Gasteiger partial charge in [0.1, 0.15) is 5.92 Å². The number of Topliss-reactive ketones (excluding diaryl/α,β-unsaturated/α-hetero) is 1. The van der Waals surface area contributed by atoms with Crippen LogP contribution in [0, 0.1) is 5.92 Å². The van der Waals surface area contributed by atoms with Crippen molar-refractivity contribution in [1.82, 2.24) is 0 Å². The zero-order valence-electron chi connectivity index (χ0n) is 14.8. The highest BCUT2D eigenvalue weighted by molar-refractivity contribution is 6.07. The molecule has 0 saturated heterocycles. The number of rotatable bonds is 7. The van der Waals surface area contributed by atoms with Gasteiger partial charge in [0.05, 0.1) is 12.1 Å². The van der Waals surface area contributed by atoms with Crippen molar-refractivity contribution < 1.29 is 29.8 Å². The molecule has 7 heteroatoms. The lowest BCUT2D eigenvalue weighted by Gasteiger charge is -2.03. The molecule has 0 spiro atoms. The molecule has 2 rings (SSSR count). The molecule has 0 aliphatic heterocycles. The maximum absolute atomic E-state index is 11.4. The highest BCUT2D eigenvalue weighted by Gasteiger charge is 2.21. The fraction of sp³-hybridized carbons (Fsp3) is 0.200. The number of hydrogen-bond donors (Lipinski definition) is 3. The fourth-order valence-electron chi connectivity index (χ4n) is 2.07. The first-order valence-corrected chi connectivity index (χ1v) is 8.17. The number of carboxylic acid groups (broad SMARTS) is 2. The molecule has 142 valence electrons. The van der Waals surface area contributed by atoms with Crippen LogP contribution in [0.25, 0.3) is 0 Å². The van der Waals surface area contributed by atoms with Crippen molar-refractivity contribution in [3.8, 4) is 0 Å². The van der Waals surface area contributed by atoms with E-state index in [1.54, 1.807) is 54.6 Å². The Morgan fingerprint density at radius 1 is 0.852 bits per heavy atom. The van der Waals surface area contributed by atoms with Crippen LogP contribution in [-0.2, 0) is 9.59 Å². The lowest BCUT2D eigenvalue weighted by Crippen LogP contribution is -2.20. The Labute approximate surface area is 156 Å². The Morgan fingerprint density at radius 3 is 1.74 bits per heavy atom. The smallest absolute Gasteiger partial charge is 0.314 e. The van der Waals surface area contributed by atoms with Crippen LogP contribution < -0.4 is 0 Å². The minimum atomic E-state index is -1.09. The molecule has 0 heterocycles. The molecule has 0 fully saturated rings. The number of ketones is 1. The molecule has 0 aliphatic carbocycles. The summed E-state index contributed by atoms with van der Waals surface area (Å²) in [6, 6.07) is 17.4.